The van der Waals surface area contributed by atoms with E-state index >= 15 is 0 Å². The van der Waals surface area contributed by atoms with Gasteiger partial charge in [0.15, 0.2) is 0 Å². The molecule has 0 heterocycles. The molecule has 0 aliphatic carbocycles. The quantitative estimate of drug-likeness (QED) is 0.758. The first kappa shape index (κ1) is 13.8. The Morgan fingerprint density at radius 2 is 1.84 bits per heavy atom. The normalized spacial score (nSPS) is 10.3. The number of methoxy groups -OCH3 is 1. The molecule has 2 aromatic rings. The van der Waals surface area contributed by atoms with Gasteiger partial charge >= 0.3 is 5.97 Å². The molecule has 0 aliphatic rings. The molecule has 98 valence electrons. The lowest BCUT2D eigenvalue weighted by Gasteiger charge is -2.11. The van der Waals surface area contributed by atoms with Gasteiger partial charge in [-0.1, -0.05) is 41.4 Å². The Morgan fingerprint density at radius 3 is 2.53 bits per heavy atom. The lowest BCUT2D eigenvalue weighted by atomic mass is 9.99. The van der Waals surface area contributed by atoms with Crippen LogP contribution in [0.3, 0.4) is 0 Å². The predicted octanol–water partition coefficient (Wildman–Crippen LogP) is 4.59. The molecular formula is C14H9Cl2FO2. The fraction of sp³-hybridized carbons (Fsp3) is 0.0714. The second-order valence-corrected chi connectivity index (χ2v) is 4.54. The molecule has 0 saturated carbocycles. The van der Waals surface area contributed by atoms with Crippen LogP contribution in [0.4, 0.5) is 4.39 Å². The second kappa shape index (κ2) is 5.59. The molecule has 0 N–H and O–H groups in total. The predicted molar refractivity (Wildman–Crippen MR) is 73.2 cm³/mol. The van der Waals surface area contributed by atoms with Crippen LogP contribution in [-0.2, 0) is 4.74 Å². The highest BCUT2D eigenvalue weighted by Gasteiger charge is 2.19. The number of carbonyl (C=O) groups is 1. The van der Waals surface area contributed by atoms with Crippen molar-refractivity contribution >= 4 is 29.2 Å². The van der Waals surface area contributed by atoms with E-state index in [1.165, 1.54) is 25.3 Å². The van der Waals surface area contributed by atoms with E-state index in [-0.39, 0.29) is 16.1 Å². The number of ether oxygens (including phenoxy) is 1. The minimum atomic E-state index is -0.634. The Balaban J connectivity index is 2.74. The summed E-state index contributed by atoms with van der Waals surface area (Å²) in [7, 11) is 1.23. The van der Waals surface area contributed by atoms with Crippen molar-refractivity contribution in [3.8, 4) is 11.1 Å². The first-order valence-corrected chi connectivity index (χ1v) is 6.13. The van der Waals surface area contributed by atoms with E-state index in [2.05, 4.69) is 4.74 Å². The van der Waals surface area contributed by atoms with Crippen LogP contribution < -0.4 is 0 Å². The topological polar surface area (TPSA) is 26.3 Å². The van der Waals surface area contributed by atoms with Gasteiger partial charge in [0.1, 0.15) is 5.82 Å². The molecule has 0 saturated heterocycles. The van der Waals surface area contributed by atoms with Crippen LogP contribution in [0.25, 0.3) is 11.1 Å². The zero-order valence-electron chi connectivity index (χ0n) is 9.91. The fourth-order valence-corrected chi connectivity index (χ4v) is 2.17. The number of hydrogen-bond acceptors (Lipinski definition) is 2. The number of rotatable bonds is 2. The molecule has 19 heavy (non-hydrogen) atoms. The van der Waals surface area contributed by atoms with Crippen molar-refractivity contribution in [1.29, 1.82) is 0 Å². The van der Waals surface area contributed by atoms with Crippen molar-refractivity contribution in [2.75, 3.05) is 7.11 Å². The molecule has 0 amide bonds. The zero-order chi connectivity index (χ0) is 14.0. The summed E-state index contributed by atoms with van der Waals surface area (Å²) in [4.78, 5) is 11.7. The second-order valence-electron chi connectivity index (χ2n) is 3.76. The largest absolute Gasteiger partial charge is 0.465 e. The summed E-state index contributed by atoms with van der Waals surface area (Å²) >= 11 is 12.0. The third-order valence-electron chi connectivity index (χ3n) is 2.64. The Kier molecular flexibility index (Phi) is 4.08. The average molecular weight is 299 g/mol. The minimum Gasteiger partial charge on any atom is -0.465 e. The first-order valence-electron chi connectivity index (χ1n) is 5.37. The molecular weight excluding hydrogens is 290 g/mol. The summed E-state index contributed by atoms with van der Waals surface area (Å²) in [5.41, 5.74) is 0.543. The molecule has 0 aromatic heterocycles. The number of esters is 1. The summed E-state index contributed by atoms with van der Waals surface area (Å²) < 4.78 is 18.7. The molecule has 0 atom stereocenters. The van der Waals surface area contributed by atoms with E-state index in [0.717, 1.165) is 0 Å². The van der Waals surface area contributed by atoms with Gasteiger partial charge in [-0.15, -0.1) is 0 Å². The summed E-state index contributed by atoms with van der Waals surface area (Å²) in [6.07, 6.45) is 0. The smallest absolute Gasteiger partial charge is 0.338 e. The molecule has 2 nitrogen and oxygen atoms in total. The standard InChI is InChI=1S/C14H9Cl2FO2/c1-19-14(18)9-5-3-7-11(17)12(9)8-4-2-6-10(15)13(8)16/h2-7H,1H3. The first-order chi connectivity index (χ1) is 9.06. The van der Waals surface area contributed by atoms with Gasteiger partial charge in [0.2, 0.25) is 0 Å². The SMILES string of the molecule is COC(=O)c1cccc(F)c1-c1cccc(Cl)c1Cl. The van der Waals surface area contributed by atoms with Crippen molar-refractivity contribution in [2.45, 2.75) is 0 Å². The van der Waals surface area contributed by atoms with Gasteiger partial charge in [-0.05, 0) is 18.2 Å². The molecule has 0 fully saturated rings. The van der Waals surface area contributed by atoms with Gasteiger partial charge in [-0.3, -0.25) is 0 Å². The summed E-state index contributed by atoms with van der Waals surface area (Å²) in [6, 6.07) is 8.98. The molecule has 5 heteroatoms. The van der Waals surface area contributed by atoms with Crippen LogP contribution in [-0.4, -0.2) is 13.1 Å². The molecule has 2 rings (SSSR count). The summed E-state index contributed by atoms with van der Waals surface area (Å²) in [5.74, 6) is -1.20. The molecule has 0 spiro atoms. The molecule has 0 unspecified atom stereocenters. The highest BCUT2D eigenvalue weighted by molar-refractivity contribution is 6.43. The lowest BCUT2D eigenvalue weighted by Crippen LogP contribution is -2.05. The third kappa shape index (κ3) is 2.57. The zero-order valence-corrected chi connectivity index (χ0v) is 11.4. The van der Waals surface area contributed by atoms with Gasteiger partial charge < -0.3 is 4.74 Å². The van der Waals surface area contributed by atoms with Crippen LogP contribution in [0, 0.1) is 5.82 Å². The van der Waals surface area contributed by atoms with Gasteiger partial charge in [0.05, 0.1) is 22.7 Å². The molecule has 0 bridgehead atoms. The fourth-order valence-electron chi connectivity index (χ4n) is 1.77. The Morgan fingerprint density at radius 1 is 1.16 bits per heavy atom. The lowest BCUT2D eigenvalue weighted by molar-refractivity contribution is 0.0601. The van der Waals surface area contributed by atoms with Crippen molar-refractivity contribution in [3.05, 3.63) is 57.8 Å². The molecule has 0 aliphatic heterocycles. The highest BCUT2D eigenvalue weighted by Crippen LogP contribution is 2.36. The van der Waals surface area contributed by atoms with E-state index in [9.17, 15) is 9.18 Å². The van der Waals surface area contributed by atoms with Crippen LogP contribution in [0.15, 0.2) is 36.4 Å². The maximum Gasteiger partial charge on any atom is 0.338 e. The molecule has 0 radical (unpaired) electrons. The van der Waals surface area contributed by atoms with Crippen LogP contribution >= 0.6 is 23.2 Å². The minimum absolute atomic E-state index is 0.0850. The van der Waals surface area contributed by atoms with Crippen LogP contribution in [0.1, 0.15) is 10.4 Å². The number of hydrogen-bond donors (Lipinski definition) is 0. The summed E-state index contributed by atoms with van der Waals surface area (Å²) in [5, 5.41) is 0.484. The average Bonchev–Trinajstić information content (AvgIpc) is 2.41. The Labute approximate surface area is 119 Å². The van der Waals surface area contributed by atoms with Crippen molar-refractivity contribution in [2.24, 2.45) is 0 Å². The van der Waals surface area contributed by atoms with Crippen LogP contribution in [0.2, 0.25) is 10.0 Å². The van der Waals surface area contributed by atoms with Crippen molar-refractivity contribution < 1.29 is 13.9 Å². The monoisotopic (exact) mass is 298 g/mol. The van der Waals surface area contributed by atoms with Gasteiger partial charge in [-0.25, -0.2) is 9.18 Å². The van der Waals surface area contributed by atoms with Crippen molar-refractivity contribution in [3.63, 3.8) is 0 Å². The van der Waals surface area contributed by atoms with Crippen molar-refractivity contribution in [1.82, 2.24) is 0 Å². The highest BCUT2D eigenvalue weighted by atomic mass is 35.5. The van der Waals surface area contributed by atoms with E-state index in [1.807, 2.05) is 0 Å². The van der Waals surface area contributed by atoms with Gasteiger partial charge in [-0.2, -0.15) is 0 Å². The van der Waals surface area contributed by atoms with Gasteiger partial charge in [0.25, 0.3) is 0 Å². The number of benzene rings is 2. The maximum atomic E-state index is 14.0. The Hall–Kier alpha value is -1.58. The van der Waals surface area contributed by atoms with E-state index in [1.54, 1.807) is 18.2 Å². The van der Waals surface area contributed by atoms with E-state index < -0.39 is 11.8 Å². The maximum absolute atomic E-state index is 14.0. The summed E-state index contributed by atoms with van der Waals surface area (Å²) in [6.45, 7) is 0. The van der Waals surface area contributed by atoms with E-state index in [0.29, 0.717) is 10.6 Å². The number of halogens is 3. The Bertz CT molecular complexity index is 641. The third-order valence-corrected chi connectivity index (χ3v) is 3.46. The number of carbonyl (C=O) groups excluding carboxylic acids is 1. The van der Waals surface area contributed by atoms with Crippen LogP contribution in [0.5, 0.6) is 0 Å². The van der Waals surface area contributed by atoms with Gasteiger partial charge in [0, 0.05) is 11.1 Å². The molecule has 2 aromatic carbocycles. The van der Waals surface area contributed by atoms with E-state index in [4.69, 9.17) is 23.2 Å².